The number of hydrogen-bond acceptors (Lipinski definition) is 6. The van der Waals surface area contributed by atoms with Crippen molar-refractivity contribution in [1.82, 2.24) is 0 Å². The lowest BCUT2D eigenvalue weighted by molar-refractivity contribution is -0.121. The molecule has 11 heteroatoms. The minimum Gasteiger partial charge on any atom is -0.332 e. The molecule has 1 heterocycles. The summed E-state index contributed by atoms with van der Waals surface area (Å²) in [6.45, 7) is 0. The van der Waals surface area contributed by atoms with Gasteiger partial charge in [-0.05, 0) is 72.9 Å². The molecule has 3 aromatic carbocycles. The summed E-state index contributed by atoms with van der Waals surface area (Å²) < 4.78 is 22.9. The molecule has 1 aliphatic heterocycles. The molecule has 1 fully saturated rings. The first-order valence-corrected chi connectivity index (χ1v) is 12.9. The van der Waals surface area contributed by atoms with Crippen LogP contribution in [0.4, 0.5) is 17.1 Å². The molecule has 0 aromatic heterocycles. The molecule has 1 atom stereocenters. The predicted molar refractivity (Wildman–Crippen MR) is 137 cm³/mol. The highest BCUT2D eigenvalue weighted by Gasteiger charge is 2.40. The van der Waals surface area contributed by atoms with E-state index in [2.05, 4.69) is 10.6 Å². The number of carbonyl (C=O) groups excluding carboxylic acids is 2. The van der Waals surface area contributed by atoms with Crippen LogP contribution in [0.3, 0.4) is 0 Å². The number of nitrogens with one attached hydrogen (secondary N) is 2. The Bertz CT molecular complexity index is 1330. The topological polar surface area (TPSA) is 122 Å². The van der Waals surface area contributed by atoms with Crippen LogP contribution in [-0.2, 0) is 19.6 Å². The summed E-state index contributed by atoms with van der Waals surface area (Å²) in [5, 5.41) is 11.2. The van der Waals surface area contributed by atoms with Crippen molar-refractivity contribution in [3.8, 4) is 0 Å². The Morgan fingerprint density at radius 2 is 1.50 bits per heavy atom. The maximum atomic E-state index is 12.9. The van der Waals surface area contributed by atoms with E-state index in [1.165, 1.54) is 36.0 Å². The molecule has 3 aromatic rings. The summed E-state index contributed by atoms with van der Waals surface area (Å²) in [6, 6.07) is 22.3. The minimum absolute atomic E-state index is 0.0471. The van der Waals surface area contributed by atoms with Crippen LogP contribution in [0.1, 0.15) is 6.42 Å². The van der Waals surface area contributed by atoms with E-state index in [9.17, 15) is 18.0 Å². The summed E-state index contributed by atoms with van der Waals surface area (Å²) in [4.78, 5) is 27.2. The largest absolute Gasteiger partial charge is 0.332 e. The number of amides is 2. The van der Waals surface area contributed by atoms with Crippen molar-refractivity contribution < 1.29 is 18.0 Å². The van der Waals surface area contributed by atoms with E-state index in [4.69, 9.17) is 17.4 Å². The van der Waals surface area contributed by atoms with Crippen molar-refractivity contribution in [3.63, 3.8) is 0 Å². The van der Waals surface area contributed by atoms with Gasteiger partial charge in [0.2, 0.25) is 21.8 Å². The van der Waals surface area contributed by atoms with E-state index in [-0.39, 0.29) is 23.1 Å². The molecule has 4 rings (SSSR count). The van der Waals surface area contributed by atoms with Crippen LogP contribution in [0.5, 0.6) is 0 Å². The van der Waals surface area contributed by atoms with Gasteiger partial charge in [0.1, 0.15) is 0 Å². The fourth-order valence-electron chi connectivity index (χ4n) is 3.35. The molecular weight excluding hydrogens is 492 g/mol. The monoisotopic (exact) mass is 512 g/mol. The van der Waals surface area contributed by atoms with Gasteiger partial charge in [-0.15, -0.1) is 11.8 Å². The summed E-state index contributed by atoms with van der Waals surface area (Å²) in [5.74, 6) is -0.699. The summed E-state index contributed by atoms with van der Waals surface area (Å²) in [6.07, 6.45) is 0.0471. The third kappa shape index (κ3) is 5.62. The van der Waals surface area contributed by atoms with Gasteiger partial charge < -0.3 is 10.6 Å². The Morgan fingerprint density at radius 3 is 2.09 bits per heavy atom. The van der Waals surface area contributed by atoms with E-state index in [1.807, 2.05) is 54.6 Å². The number of thiocarbonyl (C=S) groups is 1. The van der Waals surface area contributed by atoms with Crippen LogP contribution in [0.15, 0.2) is 88.7 Å². The standard InChI is InChI=1S/C23H20N4O4S3/c24-34(30,31)19-12-8-17(9-13-19)27-21(28)14-20(22(27)29)33-18-10-6-16(7-11-18)26-23(32)25-15-4-2-1-3-5-15/h1-13,20H,14H2,(H2,24,30,31)(H2,25,26,32). The zero-order valence-corrected chi connectivity index (χ0v) is 20.1. The van der Waals surface area contributed by atoms with Crippen LogP contribution in [0, 0.1) is 0 Å². The number of thioether (sulfide) groups is 1. The van der Waals surface area contributed by atoms with Crippen LogP contribution in [0.25, 0.3) is 0 Å². The second-order valence-electron chi connectivity index (χ2n) is 7.39. The average Bonchev–Trinajstić information content (AvgIpc) is 3.08. The number of imide groups is 1. The number of para-hydroxylation sites is 1. The summed E-state index contributed by atoms with van der Waals surface area (Å²) in [5.41, 5.74) is 1.97. The Morgan fingerprint density at radius 1 is 0.912 bits per heavy atom. The summed E-state index contributed by atoms with van der Waals surface area (Å²) in [7, 11) is -3.86. The first kappa shape index (κ1) is 23.9. The minimum atomic E-state index is -3.86. The van der Waals surface area contributed by atoms with Gasteiger partial charge in [-0.25, -0.2) is 18.5 Å². The molecule has 0 radical (unpaired) electrons. The van der Waals surface area contributed by atoms with Gasteiger partial charge in [0.05, 0.1) is 15.8 Å². The fourth-order valence-corrected chi connectivity index (χ4v) is 5.15. The molecule has 34 heavy (non-hydrogen) atoms. The van der Waals surface area contributed by atoms with Crippen LogP contribution < -0.4 is 20.7 Å². The first-order valence-electron chi connectivity index (χ1n) is 10.1. The maximum Gasteiger partial charge on any atom is 0.247 e. The SMILES string of the molecule is NS(=O)(=O)c1ccc(N2C(=O)CC(Sc3ccc(NC(=S)Nc4ccccc4)cc3)C2=O)cc1. The molecule has 4 N–H and O–H groups in total. The number of rotatable bonds is 6. The third-order valence-electron chi connectivity index (χ3n) is 4.95. The summed E-state index contributed by atoms with van der Waals surface area (Å²) >= 11 is 6.62. The second-order valence-corrected chi connectivity index (χ2v) is 10.6. The van der Waals surface area contributed by atoms with Gasteiger partial charge in [-0.1, -0.05) is 18.2 Å². The average molecular weight is 513 g/mol. The van der Waals surface area contributed by atoms with Gasteiger partial charge in [-0.3, -0.25) is 9.59 Å². The number of nitrogens with two attached hydrogens (primary N) is 1. The lowest BCUT2D eigenvalue weighted by Gasteiger charge is -2.15. The van der Waals surface area contributed by atoms with E-state index in [1.54, 1.807) is 0 Å². The smallest absolute Gasteiger partial charge is 0.247 e. The molecule has 1 saturated heterocycles. The van der Waals surface area contributed by atoms with Crippen LogP contribution in [-0.4, -0.2) is 30.6 Å². The van der Waals surface area contributed by atoms with E-state index >= 15 is 0 Å². The number of sulfonamides is 1. The zero-order chi connectivity index (χ0) is 24.3. The molecule has 0 aliphatic carbocycles. The molecule has 1 aliphatic rings. The van der Waals surface area contributed by atoms with Gasteiger partial charge in [0, 0.05) is 22.7 Å². The number of primary sulfonamides is 1. The fraction of sp³-hybridized carbons (Fsp3) is 0.0870. The highest BCUT2D eigenvalue weighted by Crippen LogP contribution is 2.34. The van der Waals surface area contributed by atoms with Gasteiger partial charge in [0.15, 0.2) is 5.11 Å². The van der Waals surface area contributed by atoms with Crippen LogP contribution >= 0.6 is 24.0 Å². The molecule has 174 valence electrons. The number of benzene rings is 3. The zero-order valence-electron chi connectivity index (χ0n) is 17.7. The first-order chi connectivity index (χ1) is 16.2. The van der Waals surface area contributed by atoms with Crippen LogP contribution in [0.2, 0.25) is 0 Å². The lowest BCUT2D eigenvalue weighted by atomic mass is 10.3. The molecule has 0 bridgehead atoms. The highest BCUT2D eigenvalue weighted by atomic mass is 32.2. The van der Waals surface area contributed by atoms with Gasteiger partial charge in [0.25, 0.3) is 0 Å². The van der Waals surface area contributed by atoms with E-state index in [0.717, 1.165) is 21.2 Å². The number of nitrogens with zero attached hydrogens (tertiary/aromatic N) is 1. The Balaban J connectivity index is 1.38. The molecule has 0 spiro atoms. The number of anilines is 3. The second kappa shape index (κ2) is 9.94. The Labute approximate surface area is 206 Å². The van der Waals surface area contributed by atoms with E-state index in [0.29, 0.717) is 10.8 Å². The third-order valence-corrected chi connectivity index (χ3v) is 7.28. The van der Waals surface area contributed by atoms with E-state index < -0.39 is 15.3 Å². The van der Waals surface area contributed by atoms with Crippen molar-refractivity contribution in [3.05, 3.63) is 78.9 Å². The van der Waals surface area contributed by atoms with Crippen molar-refractivity contribution >= 4 is 68.0 Å². The molecular formula is C23H20N4O4S3. The van der Waals surface area contributed by atoms with Gasteiger partial charge >= 0.3 is 0 Å². The quantitative estimate of drug-likeness (QED) is 0.339. The van der Waals surface area contributed by atoms with Crippen molar-refractivity contribution in [2.75, 3.05) is 15.5 Å². The normalized spacial score (nSPS) is 15.9. The predicted octanol–water partition coefficient (Wildman–Crippen LogP) is 3.57. The number of carbonyl (C=O) groups is 2. The number of hydrogen-bond donors (Lipinski definition) is 3. The molecule has 8 nitrogen and oxygen atoms in total. The highest BCUT2D eigenvalue weighted by molar-refractivity contribution is 8.00. The molecule has 0 saturated carbocycles. The molecule has 1 unspecified atom stereocenters. The van der Waals surface area contributed by atoms with Gasteiger partial charge in [-0.2, -0.15) is 0 Å². The lowest BCUT2D eigenvalue weighted by Crippen LogP contribution is -2.31. The molecule has 2 amide bonds. The van der Waals surface area contributed by atoms with Crippen molar-refractivity contribution in [2.45, 2.75) is 21.5 Å². The Hall–Kier alpha value is -3.25. The Kier molecular flexibility index (Phi) is 6.98. The van der Waals surface area contributed by atoms with Crippen molar-refractivity contribution in [1.29, 1.82) is 0 Å². The maximum absolute atomic E-state index is 12.9. The van der Waals surface area contributed by atoms with Crippen molar-refractivity contribution in [2.24, 2.45) is 5.14 Å².